The number of ether oxygens (including phenoxy) is 8. The Bertz CT molecular complexity index is 2340. The molecule has 6 aromatic rings. The molecule has 0 spiro atoms. The third-order valence-corrected chi connectivity index (χ3v) is 10.6. The summed E-state index contributed by atoms with van der Waals surface area (Å²) in [6.07, 6.45) is 3.63. The molecule has 0 bridgehead atoms. The Morgan fingerprint density at radius 2 is 0.857 bits per heavy atom. The minimum atomic E-state index is -0.221. The predicted octanol–water partition coefficient (Wildman–Crippen LogP) is 11.8. The minimum Gasteiger partial charge on any atom is -0.496 e. The zero-order valence-corrected chi connectivity index (χ0v) is 33.1. The van der Waals surface area contributed by atoms with Crippen molar-refractivity contribution in [1.29, 1.82) is 0 Å². The van der Waals surface area contributed by atoms with Crippen LogP contribution in [-0.2, 0) is 22.7 Å². The van der Waals surface area contributed by atoms with E-state index in [4.69, 9.17) is 37.9 Å². The molecule has 8 nitrogen and oxygen atoms in total. The van der Waals surface area contributed by atoms with Crippen LogP contribution in [-0.4, -0.2) is 28.4 Å². The molecule has 0 saturated heterocycles. The van der Waals surface area contributed by atoms with Crippen molar-refractivity contribution in [3.05, 3.63) is 130 Å². The summed E-state index contributed by atoms with van der Waals surface area (Å²) >= 11 is 0. The van der Waals surface area contributed by atoms with Gasteiger partial charge in [-0.3, -0.25) is 0 Å². The highest BCUT2D eigenvalue weighted by atomic mass is 16.5. The number of methoxy groups -OCH3 is 4. The van der Waals surface area contributed by atoms with E-state index in [0.29, 0.717) is 47.3 Å². The van der Waals surface area contributed by atoms with E-state index >= 15 is 0 Å². The predicted molar refractivity (Wildman–Crippen MR) is 221 cm³/mol. The van der Waals surface area contributed by atoms with Gasteiger partial charge >= 0.3 is 0 Å². The molecule has 6 aromatic carbocycles. The third-order valence-electron chi connectivity index (χ3n) is 10.6. The van der Waals surface area contributed by atoms with Gasteiger partial charge in [-0.15, -0.1) is 0 Å². The standard InChI is InChI=1S/C48H46O8/c1-27-19-35-33(29(3)55-27)21-37-39(45(35)53-25-31-15-11-9-12-16-31)23-41(49-5)43(47(37)51-7)44-42(50-6)24-40-38(48(44)52-8)22-34-30(4)56-28(2)20-36(34)46(40)54-26-32-17-13-10-14-18-32/h9-24,29-30H,25-26H2,1-8H3. The van der Waals surface area contributed by atoms with Gasteiger partial charge in [0, 0.05) is 43.8 Å². The Kier molecular flexibility index (Phi) is 9.89. The van der Waals surface area contributed by atoms with E-state index in [1.54, 1.807) is 28.4 Å². The van der Waals surface area contributed by atoms with Gasteiger partial charge in [-0.2, -0.15) is 0 Å². The Labute approximate surface area is 327 Å². The lowest BCUT2D eigenvalue weighted by atomic mass is 9.88. The van der Waals surface area contributed by atoms with Crippen molar-refractivity contribution < 1.29 is 37.9 Å². The maximum atomic E-state index is 6.74. The lowest BCUT2D eigenvalue weighted by molar-refractivity contribution is 0.132. The quantitative estimate of drug-likeness (QED) is 0.130. The normalized spacial score (nSPS) is 15.8. The molecule has 8 rings (SSSR count). The van der Waals surface area contributed by atoms with Crippen LogP contribution in [0.15, 0.2) is 96.4 Å². The fourth-order valence-electron chi connectivity index (χ4n) is 8.10. The smallest absolute Gasteiger partial charge is 0.138 e. The Balaban J connectivity index is 1.41. The van der Waals surface area contributed by atoms with E-state index in [0.717, 1.165) is 77.9 Å². The summed E-state index contributed by atoms with van der Waals surface area (Å²) in [5, 5.41) is 3.34. The van der Waals surface area contributed by atoms with Crippen molar-refractivity contribution in [2.75, 3.05) is 28.4 Å². The number of allylic oxidation sites excluding steroid dienone is 2. The average Bonchev–Trinajstić information content (AvgIpc) is 3.21. The number of hydrogen-bond donors (Lipinski definition) is 0. The summed E-state index contributed by atoms with van der Waals surface area (Å²) in [4.78, 5) is 0. The van der Waals surface area contributed by atoms with Gasteiger partial charge in [0.15, 0.2) is 0 Å². The van der Waals surface area contributed by atoms with E-state index < -0.39 is 0 Å². The van der Waals surface area contributed by atoms with Gasteiger partial charge in [-0.05, 0) is 75.2 Å². The molecule has 0 aromatic heterocycles. The number of fused-ring (bicyclic) bond motifs is 4. The fraction of sp³-hybridized carbons (Fsp3) is 0.250. The first-order chi connectivity index (χ1) is 27.2. The molecule has 0 saturated carbocycles. The van der Waals surface area contributed by atoms with Gasteiger partial charge in [0.05, 0.1) is 51.1 Å². The zero-order valence-electron chi connectivity index (χ0n) is 33.1. The molecular weight excluding hydrogens is 705 g/mol. The molecule has 0 amide bonds. The molecule has 2 atom stereocenters. The second-order valence-electron chi connectivity index (χ2n) is 14.2. The van der Waals surface area contributed by atoms with Crippen LogP contribution in [0.25, 0.3) is 44.8 Å². The zero-order chi connectivity index (χ0) is 39.1. The molecule has 8 heteroatoms. The SMILES string of the molecule is COc1cc2c(OCc3ccccc3)c3c(cc2c(OC)c1-c1c(OC)cc2c(OCc4ccccc4)c4c(cc2c1OC)C(C)OC(C)=C4)C(C)OC(C)=C3. The van der Waals surface area contributed by atoms with Gasteiger partial charge in [-0.1, -0.05) is 60.7 Å². The Hall–Kier alpha value is -6.28. The summed E-state index contributed by atoms with van der Waals surface area (Å²) in [6.45, 7) is 8.79. The van der Waals surface area contributed by atoms with Crippen molar-refractivity contribution in [1.82, 2.24) is 0 Å². The van der Waals surface area contributed by atoms with E-state index in [1.807, 2.05) is 88.4 Å². The van der Waals surface area contributed by atoms with Crippen molar-refractivity contribution >= 4 is 33.7 Å². The van der Waals surface area contributed by atoms with E-state index in [-0.39, 0.29) is 12.2 Å². The number of benzene rings is 6. The topological polar surface area (TPSA) is 73.8 Å². The number of rotatable bonds is 11. The summed E-state index contributed by atoms with van der Waals surface area (Å²) in [5.41, 5.74) is 7.37. The van der Waals surface area contributed by atoms with Gasteiger partial charge < -0.3 is 37.9 Å². The van der Waals surface area contributed by atoms with E-state index in [1.165, 1.54) is 0 Å². The summed E-state index contributed by atoms with van der Waals surface area (Å²) in [5.74, 6) is 5.35. The van der Waals surface area contributed by atoms with Crippen LogP contribution in [0.5, 0.6) is 34.5 Å². The molecule has 56 heavy (non-hydrogen) atoms. The van der Waals surface area contributed by atoms with Crippen molar-refractivity contribution in [2.45, 2.75) is 53.1 Å². The monoisotopic (exact) mass is 750 g/mol. The molecular formula is C48H46O8. The molecule has 0 fully saturated rings. The highest BCUT2D eigenvalue weighted by molar-refractivity contribution is 6.09. The van der Waals surface area contributed by atoms with Crippen LogP contribution in [0, 0.1) is 0 Å². The van der Waals surface area contributed by atoms with Crippen LogP contribution < -0.4 is 28.4 Å². The molecule has 2 aliphatic heterocycles. The first-order valence-corrected chi connectivity index (χ1v) is 18.8. The van der Waals surface area contributed by atoms with Crippen LogP contribution in [0.2, 0.25) is 0 Å². The first kappa shape index (κ1) is 36.7. The van der Waals surface area contributed by atoms with Crippen molar-refractivity contribution in [3.8, 4) is 45.6 Å². The summed E-state index contributed by atoms with van der Waals surface area (Å²) in [6, 6.07) is 28.6. The molecule has 0 N–H and O–H groups in total. The Morgan fingerprint density at radius 1 is 0.482 bits per heavy atom. The van der Waals surface area contributed by atoms with Gasteiger partial charge in [-0.25, -0.2) is 0 Å². The molecule has 2 aliphatic rings. The van der Waals surface area contributed by atoms with Gasteiger partial charge in [0.25, 0.3) is 0 Å². The lowest BCUT2D eigenvalue weighted by Gasteiger charge is -2.28. The second kappa shape index (κ2) is 15.1. The first-order valence-electron chi connectivity index (χ1n) is 18.8. The molecule has 2 unspecified atom stereocenters. The van der Waals surface area contributed by atoms with Gasteiger partial charge in [0.2, 0.25) is 0 Å². The molecule has 2 heterocycles. The third kappa shape index (κ3) is 6.39. The van der Waals surface area contributed by atoms with Crippen LogP contribution >= 0.6 is 0 Å². The summed E-state index contributed by atoms with van der Waals surface area (Å²) in [7, 11) is 6.66. The average molecular weight is 751 g/mol. The summed E-state index contributed by atoms with van der Waals surface area (Å²) < 4.78 is 51.3. The van der Waals surface area contributed by atoms with E-state index in [9.17, 15) is 0 Å². The highest BCUT2D eigenvalue weighted by Gasteiger charge is 2.32. The lowest BCUT2D eigenvalue weighted by Crippen LogP contribution is -2.10. The molecule has 0 aliphatic carbocycles. The van der Waals surface area contributed by atoms with Gasteiger partial charge in [0.1, 0.15) is 59.9 Å². The van der Waals surface area contributed by atoms with Crippen molar-refractivity contribution in [3.63, 3.8) is 0 Å². The highest BCUT2D eigenvalue weighted by Crippen LogP contribution is 2.57. The minimum absolute atomic E-state index is 0.221. The van der Waals surface area contributed by atoms with Crippen LogP contribution in [0.3, 0.4) is 0 Å². The van der Waals surface area contributed by atoms with Crippen LogP contribution in [0.4, 0.5) is 0 Å². The number of hydrogen-bond acceptors (Lipinski definition) is 8. The molecule has 286 valence electrons. The van der Waals surface area contributed by atoms with Crippen molar-refractivity contribution in [2.24, 2.45) is 0 Å². The Morgan fingerprint density at radius 3 is 1.21 bits per heavy atom. The maximum absolute atomic E-state index is 6.74. The van der Waals surface area contributed by atoms with Crippen LogP contribution in [0.1, 0.15) is 73.3 Å². The fourth-order valence-corrected chi connectivity index (χ4v) is 8.10. The van der Waals surface area contributed by atoms with E-state index in [2.05, 4.69) is 36.4 Å². The second-order valence-corrected chi connectivity index (χ2v) is 14.2. The largest absolute Gasteiger partial charge is 0.496 e. The maximum Gasteiger partial charge on any atom is 0.138 e. The molecule has 0 radical (unpaired) electrons.